The molecule has 1 aromatic heterocycles. The molecule has 1 heterocycles. The van der Waals surface area contributed by atoms with Gasteiger partial charge in [0.05, 0.1) is 5.38 Å². The minimum Gasteiger partial charge on any atom is -0.356 e. The summed E-state index contributed by atoms with van der Waals surface area (Å²) in [7, 11) is 0. The van der Waals surface area contributed by atoms with Gasteiger partial charge in [0.2, 0.25) is 5.13 Å². The Hall–Kier alpha value is -0.350. The summed E-state index contributed by atoms with van der Waals surface area (Å²) < 4.78 is 0. The molecule has 0 amide bonds. The summed E-state index contributed by atoms with van der Waals surface area (Å²) in [6, 6.07) is 0.373. The standard InChI is InChI=1S/C9H14ClN3S/c1-6-12-13-9(14-6)11-8-5-3-2-4-7(8)10/h7-8H,2-5H2,1H3,(H,11,13). The smallest absolute Gasteiger partial charge is 0.205 e. The summed E-state index contributed by atoms with van der Waals surface area (Å²) in [5.41, 5.74) is 0. The van der Waals surface area contributed by atoms with Gasteiger partial charge in [-0.25, -0.2) is 0 Å². The molecule has 0 saturated heterocycles. The lowest BCUT2D eigenvalue weighted by atomic mass is 9.95. The molecular weight excluding hydrogens is 218 g/mol. The van der Waals surface area contributed by atoms with E-state index in [0.717, 1.165) is 23.0 Å². The van der Waals surface area contributed by atoms with Gasteiger partial charge in [-0.15, -0.1) is 21.8 Å². The molecular formula is C9H14ClN3S. The Morgan fingerprint density at radius 2 is 2.14 bits per heavy atom. The van der Waals surface area contributed by atoms with Gasteiger partial charge in [0, 0.05) is 6.04 Å². The fourth-order valence-corrected chi connectivity index (χ4v) is 2.76. The van der Waals surface area contributed by atoms with Crippen molar-refractivity contribution < 1.29 is 0 Å². The van der Waals surface area contributed by atoms with Gasteiger partial charge >= 0.3 is 0 Å². The highest BCUT2D eigenvalue weighted by Crippen LogP contribution is 2.26. The zero-order chi connectivity index (χ0) is 9.97. The zero-order valence-electron chi connectivity index (χ0n) is 8.16. The molecule has 0 bridgehead atoms. The maximum Gasteiger partial charge on any atom is 0.205 e. The number of hydrogen-bond donors (Lipinski definition) is 1. The van der Waals surface area contributed by atoms with Crippen molar-refractivity contribution in [3.63, 3.8) is 0 Å². The Kier molecular flexibility index (Phi) is 3.23. The molecule has 0 aromatic carbocycles. The van der Waals surface area contributed by atoms with Crippen LogP contribution in [0.25, 0.3) is 0 Å². The van der Waals surface area contributed by atoms with Gasteiger partial charge in [0.25, 0.3) is 0 Å². The molecule has 78 valence electrons. The fourth-order valence-electron chi connectivity index (χ4n) is 1.76. The lowest BCUT2D eigenvalue weighted by Crippen LogP contribution is -2.32. The Bertz CT molecular complexity index is 302. The van der Waals surface area contributed by atoms with Gasteiger partial charge in [0.15, 0.2) is 0 Å². The molecule has 0 spiro atoms. The molecule has 1 aliphatic rings. The number of halogens is 1. The molecule has 3 nitrogen and oxygen atoms in total. The first kappa shape index (κ1) is 10.2. The number of alkyl halides is 1. The van der Waals surface area contributed by atoms with E-state index in [1.807, 2.05) is 6.92 Å². The highest BCUT2D eigenvalue weighted by Gasteiger charge is 2.23. The van der Waals surface area contributed by atoms with E-state index in [-0.39, 0.29) is 5.38 Å². The average molecular weight is 232 g/mol. The van der Waals surface area contributed by atoms with E-state index in [1.165, 1.54) is 12.8 Å². The second-order valence-corrected chi connectivity index (χ2v) is 5.42. The van der Waals surface area contributed by atoms with Crippen LogP contribution in [0, 0.1) is 6.92 Å². The van der Waals surface area contributed by atoms with Gasteiger partial charge in [-0.2, -0.15) is 0 Å². The van der Waals surface area contributed by atoms with Crippen molar-refractivity contribution in [2.24, 2.45) is 0 Å². The summed E-state index contributed by atoms with van der Waals surface area (Å²) in [6.45, 7) is 1.96. The van der Waals surface area contributed by atoms with Crippen LogP contribution in [0.5, 0.6) is 0 Å². The quantitative estimate of drug-likeness (QED) is 0.796. The van der Waals surface area contributed by atoms with Crippen molar-refractivity contribution in [2.45, 2.75) is 44.0 Å². The number of hydrogen-bond acceptors (Lipinski definition) is 4. The summed E-state index contributed by atoms with van der Waals surface area (Å²) in [5.74, 6) is 0. The molecule has 2 rings (SSSR count). The SMILES string of the molecule is Cc1nnc(NC2CCCCC2Cl)s1. The number of aromatic nitrogens is 2. The largest absolute Gasteiger partial charge is 0.356 e. The van der Waals surface area contributed by atoms with Crippen LogP contribution in [0.1, 0.15) is 30.7 Å². The average Bonchev–Trinajstić information content (AvgIpc) is 2.56. The first-order chi connectivity index (χ1) is 6.75. The summed E-state index contributed by atoms with van der Waals surface area (Å²) in [6.07, 6.45) is 4.77. The first-order valence-electron chi connectivity index (χ1n) is 4.96. The molecule has 14 heavy (non-hydrogen) atoms. The van der Waals surface area contributed by atoms with Crippen LogP contribution in [0.3, 0.4) is 0 Å². The van der Waals surface area contributed by atoms with E-state index in [9.17, 15) is 0 Å². The van der Waals surface area contributed by atoms with Crippen LogP contribution in [0.2, 0.25) is 0 Å². The third-order valence-corrected chi connectivity index (χ3v) is 3.81. The van der Waals surface area contributed by atoms with Crippen LogP contribution in [0.15, 0.2) is 0 Å². The molecule has 1 N–H and O–H groups in total. The molecule has 1 fully saturated rings. The molecule has 0 aliphatic heterocycles. The molecule has 2 unspecified atom stereocenters. The van der Waals surface area contributed by atoms with E-state index in [0.29, 0.717) is 6.04 Å². The van der Waals surface area contributed by atoms with E-state index in [2.05, 4.69) is 15.5 Å². The second-order valence-electron chi connectivity index (χ2n) is 3.68. The van der Waals surface area contributed by atoms with Crippen molar-refractivity contribution in [3.8, 4) is 0 Å². The van der Waals surface area contributed by atoms with E-state index in [4.69, 9.17) is 11.6 Å². The van der Waals surface area contributed by atoms with Crippen LogP contribution >= 0.6 is 22.9 Å². The third-order valence-electron chi connectivity index (χ3n) is 2.52. The third kappa shape index (κ3) is 2.36. The topological polar surface area (TPSA) is 37.8 Å². The minimum absolute atomic E-state index is 0.243. The summed E-state index contributed by atoms with van der Waals surface area (Å²) >= 11 is 7.82. The monoisotopic (exact) mass is 231 g/mol. The molecule has 2 atom stereocenters. The fraction of sp³-hybridized carbons (Fsp3) is 0.778. The Morgan fingerprint density at radius 1 is 1.36 bits per heavy atom. The number of rotatable bonds is 2. The second kappa shape index (κ2) is 4.45. The van der Waals surface area contributed by atoms with E-state index < -0.39 is 0 Å². The molecule has 5 heteroatoms. The zero-order valence-corrected chi connectivity index (χ0v) is 9.74. The highest BCUT2D eigenvalue weighted by atomic mass is 35.5. The van der Waals surface area contributed by atoms with Gasteiger partial charge < -0.3 is 5.32 Å². The van der Waals surface area contributed by atoms with E-state index >= 15 is 0 Å². The summed E-state index contributed by atoms with van der Waals surface area (Å²) in [5, 5.41) is 13.5. The van der Waals surface area contributed by atoms with Crippen molar-refractivity contribution >= 4 is 28.1 Å². The van der Waals surface area contributed by atoms with Crippen molar-refractivity contribution in [1.82, 2.24) is 10.2 Å². The number of nitrogens with zero attached hydrogens (tertiary/aromatic N) is 2. The molecule has 1 saturated carbocycles. The van der Waals surface area contributed by atoms with Gasteiger partial charge in [-0.05, 0) is 19.8 Å². The van der Waals surface area contributed by atoms with Crippen molar-refractivity contribution in [2.75, 3.05) is 5.32 Å². The summed E-state index contributed by atoms with van der Waals surface area (Å²) in [4.78, 5) is 0. The first-order valence-corrected chi connectivity index (χ1v) is 6.22. The Morgan fingerprint density at radius 3 is 2.79 bits per heavy atom. The maximum atomic E-state index is 6.23. The lowest BCUT2D eigenvalue weighted by Gasteiger charge is -2.27. The number of aryl methyl sites for hydroxylation is 1. The van der Waals surface area contributed by atoms with E-state index in [1.54, 1.807) is 11.3 Å². The molecule has 1 aliphatic carbocycles. The predicted octanol–water partition coefficient (Wildman–Crippen LogP) is 2.81. The normalized spacial score (nSPS) is 27.6. The van der Waals surface area contributed by atoms with Gasteiger partial charge in [0.1, 0.15) is 5.01 Å². The molecule has 1 aromatic rings. The highest BCUT2D eigenvalue weighted by molar-refractivity contribution is 7.15. The minimum atomic E-state index is 0.243. The number of nitrogens with one attached hydrogen (secondary N) is 1. The van der Waals surface area contributed by atoms with Gasteiger partial charge in [-0.1, -0.05) is 24.2 Å². The molecule has 0 radical (unpaired) electrons. The van der Waals surface area contributed by atoms with Crippen molar-refractivity contribution in [3.05, 3.63) is 5.01 Å². The number of anilines is 1. The Balaban J connectivity index is 1.95. The van der Waals surface area contributed by atoms with Crippen LogP contribution in [-0.2, 0) is 0 Å². The van der Waals surface area contributed by atoms with Crippen molar-refractivity contribution in [1.29, 1.82) is 0 Å². The van der Waals surface area contributed by atoms with Gasteiger partial charge in [-0.3, -0.25) is 0 Å². The van der Waals surface area contributed by atoms with Crippen LogP contribution in [0.4, 0.5) is 5.13 Å². The van der Waals surface area contributed by atoms with Crippen LogP contribution in [-0.4, -0.2) is 21.6 Å². The Labute approximate surface area is 92.9 Å². The predicted molar refractivity (Wildman–Crippen MR) is 60.2 cm³/mol. The maximum absolute atomic E-state index is 6.23. The van der Waals surface area contributed by atoms with Crippen LogP contribution < -0.4 is 5.32 Å². The lowest BCUT2D eigenvalue weighted by molar-refractivity contribution is 0.469.